The summed E-state index contributed by atoms with van der Waals surface area (Å²) in [6.45, 7) is -0.0327. The van der Waals surface area contributed by atoms with Gasteiger partial charge < -0.3 is 15.2 Å². The third-order valence-electron chi connectivity index (χ3n) is 3.26. The third-order valence-corrected chi connectivity index (χ3v) is 3.26. The van der Waals surface area contributed by atoms with E-state index >= 15 is 0 Å². The number of nitrogens with two attached hydrogens (primary N) is 1. The van der Waals surface area contributed by atoms with Crippen molar-refractivity contribution in [3.8, 4) is 5.75 Å². The van der Waals surface area contributed by atoms with Gasteiger partial charge in [0.2, 0.25) is 0 Å². The maximum Gasteiger partial charge on any atom is 0.311 e. The van der Waals surface area contributed by atoms with Crippen molar-refractivity contribution in [2.24, 2.45) is 5.73 Å². The van der Waals surface area contributed by atoms with E-state index in [0.717, 1.165) is 25.0 Å². The number of nitrogens with zero attached hydrogens (tertiary/aromatic N) is 1. The topological polar surface area (TPSA) is 87.6 Å². The smallest absolute Gasteiger partial charge is 0.311 e. The van der Waals surface area contributed by atoms with Crippen molar-refractivity contribution in [1.29, 1.82) is 0 Å². The second-order valence-electron chi connectivity index (χ2n) is 4.46. The van der Waals surface area contributed by atoms with E-state index in [-0.39, 0.29) is 35.8 Å². The van der Waals surface area contributed by atoms with Crippen molar-refractivity contribution in [1.82, 2.24) is 0 Å². The molecule has 0 bridgehead atoms. The Kier molecular flexibility index (Phi) is 3.96. The quantitative estimate of drug-likeness (QED) is 0.650. The molecule has 0 saturated heterocycles. The molecule has 0 radical (unpaired) electrons. The van der Waals surface area contributed by atoms with Crippen molar-refractivity contribution in [2.75, 3.05) is 7.11 Å². The second kappa shape index (κ2) is 5.50. The van der Waals surface area contributed by atoms with Crippen LogP contribution in [0.15, 0.2) is 12.1 Å². The Morgan fingerprint density at radius 3 is 2.74 bits per heavy atom. The minimum atomic E-state index is -0.614. The zero-order valence-electron chi connectivity index (χ0n) is 10.5. The van der Waals surface area contributed by atoms with Crippen LogP contribution in [0, 0.1) is 15.9 Å². The molecule has 2 rings (SSSR count). The van der Waals surface area contributed by atoms with Gasteiger partial charge in [-0.05, 0) is 12.8 Å². The van der Waals surface area contributed by atoms with E-state index in [1.165, 1.54) is 7.11 Å². The molecule has 0 heterocycles. The number of halogens is 1. The van der Waals surface area contributed by atoms with Gasteiger partial charge in [0.05, 0.1) is 24.7 Å². The summed E-state index contributed by atoms with van der Waals surface area (Å²) in [5.41, 5.74) is 5.56. The highest BCUT2D eigenvalue weighted by Crippen LogP contribution is 2.31. The van der Waals surface area contributed by atoms with Crippen LogP contribution in [0.1, 0.15) is 18.4 Å². The fraction of sp³-hybridized carbons (Fsp3) is 0.500. The van der Waals surface area contributed by atoms with E-state index in [4.69, 9.17) is 15.2 Å². The highest BCUT2D eigenvalue weighted by molar-refractivity contribution is 5.49. The second-order valence-corrected chi connectivity index (χ2v) is 4.46. The Labute approximate surface area is 109 Å². The number of nitro groups is 1. The molecule has 7 heteroatoms. The first-order chi connectivity index (χ1) is 9.02. The SMILES string of the molecule is COc1cc(F)c(COC2CC[C@H]2N)cc1[N+](=O)[O-]. The molecule has 0 aromatic heterocycles. The predicted octanol–water partition coefficient (Wildman–Crippen LogP) is 1.75. The lowest BCUT2D eigenvalue weighted by Gasteiger charge is -2.33. The first kappa shape index (κ1) is 13.7. The monoisotopic (exact) mass is 270 g/mol. The van der Waals surface area contributed by atoms with E-state index < -0.39 is 10.7 Å². The highest BCUT2D eigenvalue weighted by Gasteiger charge is 2.28. The van der Waals surface area contributed by atoms with E-state index in [1.54, 1.807) is 0 Å². The van der Waals surface area contributed by atoms with E-state index in [9.17, 15) is 14.5 Å². The summed E-state index contributed by atoms with van der Waals surface area (Å²) in [5, 5.41) is 10.8. The molecule has 1 aromatic carbocycles. The van der Waals surface area contributed by atoms with Gasteiger partial charge in [0, 0.05) is 23.7 Å². The van der Waals surface area contributed by atoms with Crippen molar-refractivity contribution in [3.05, 3.63) is 33.6 Å². The molecule has 2 atom stereocenters. The molecular formula is C12H15FN2O4. The molecule has 104 valence electrons. The summed E-state index contributed by atoms with van der Waals surface area (Å²) in [4.78, 5) is 10.2. The maximum atomic E-state index is 13.7. The van der Waals surface area contributed by atoms with Gasteiger partial charge in [0.1, 0.15) is 5.82 Å². The summed E-state index contributed by atoms with van der Waals surface area (Å²) in [6, 6.07) is 2.10. The zero-order chi connectivity index (χ0) is 14.0. The molecule has 19 heavy (non-hydrogen) atoms. The average Bonchev–Trinajstić information content (AvgIpc) is 2.38. The molecule has 0 amide bonds. The van der Waals surface area contributed by atoms with E-state index in [0.29, 0.717) is 0 Å². The summed E-state index contributed by atoms with van der Waals surface area (Å²) in [7, 11) is 1.26. The fourth-order valence-electron chi connectivity index (χ4n) is 1.90. The van der Waals surface area contributed by atoms with Gasteiger partial charge >= 0.3 is 5.69 Å². The Morgan fingerprint density at radius 2 is 2.26 bits per heavy atom. The maximum absolute atomic E-state index is 13.7. The average molecular weight is 270 g/mol. The standard InChI is InChI=1S/C12H15FN2O4/c1-18-12-5-8(13)7(4-10(12)15(16)17)6-19-11-3-2-9(11)14/h4-5,9,11H,2-3,6,14H2,1H3/t9-,11?/m1/s1. The summed E-state index contributed by atoms with van der Waals surface area (Å²) in [5.74, 6) is -0.693. The van der Waals surface area contributed by atoms with Gasteiger partial charge in [-0.2, -0.15) is 0 Å². The number of hydrogen-bond acceptors (Lipinski definition) is 5. The fourth-order valence-corrected chi connectivity index (χ4v) is 1.90. The molecule has 1 aromatic rings. The minimum Gasteiger partial charge on any atom is -0.490 e. The van der Waals surface area contributed by atoms with Crippen molar-refractivity contribution >= 4 is 5.69 Å². The Balaban J connectivity index is 2.15. The lowest BCUT2D eigenvalue weighted by molar-refractivity contribution is -0.385. The van der Waals surface area contributed by atoms with Crippen LogP contribution in [0.3, 0.4) is 0 Å². The number of methoxy groups -OCH3 is 1. The molecule has 1 saturated carbocycles. The van der Waals surface area contributed by atoms with E-state index in [1.807, 2.05) is 0 Å². The first-order valence-corrected chi connectivity index (χ1v) is 5.91. The number of benzene rings is 1. The van der Waals surface area contributed by atoms with E-state index in [2.05, 4.69) is 0 Å². The number of hydrogen-bond donors (Lipinski definition) is 1. The van der Waals surface area contributed by atoms with Gasteiger partial charge in [-0.1, -0.05) is 0 Å². The molecule has 1 aliphatic carbocycles. The number of ether oxygens (including phenoxy) is 2. The molecule has 0 spiro atoms. The summed E-state index contributed by atoms with van der Waals surface area (Å²) in [6.07, 6.45) is 1.62. The predicted molar refractivity (Wildman–Crippen MR) is 65.4 cm³/mol. The van der Waals surface area contributed by atoms with Crippen molar-refractivity contribution < 1.29 is 18.8 Å². The van der Waals surface area contributed by atoms with Crippen LogP contribution in [0.2, 0.25) is 0 Å². The largest absolute Gasteiger partial charge is 0.490 e. The Morgan fingerprint density at radius 1 is 1.53 bits per heavy atom. The Bertz CT molecular complexity index is 495. The molecule has 1 aliphatic rings. The van der Waals surface area contributed by atoms with Crippen molar-refractivity contribution in [3.63, 3.8) is 0 Å². The molecule has 1 fully saturated rings. The third kappa shape index (κ3) is 2.82. The highest BCUT2D eigenvalue weighted by atomic mass is 19.1. The van der Waals surface area contributed by atoms with Crippen LogP contribution in [-0.4, -0.2) is 24.2 Å². The van der Waals surface area contributed by atoms with Gasteiger partial charge in [-0.25, -0.2) is 4.39 Å². The van der Waals surface area contributed by atoms with Crippen LogP contribution in [0.25, 0.3) is 0 Å². The van der Waals surface area contributed by atoms with Gasteiger partial charge in [-0.3, -0.25) is 10.1 Å². The molecule has 0 aliphatic heterocycles. The molecule has 6 nitrogen and oxygen atoms in total. The van der Waals surface area contributed by atoms with Crippen LogP contribution in [-0.2, 0) is 11.3 Å². The van der Waals surface area contributed by atoms with Gasteiger partial charge in [0.15, 0.2) is 5.75 Å². The first-order valence-electron chi connectivity index (χ1n) is 5.91. The zero-order valence-corrected chi connectivity index (χ0v) is 10.5. The van der Waals surface area contributed by atoms with Crippen LogP contribution < -0.4 is 10.5 Å². The summed E-state index contributed by atoms with van der Waals surface area (Å²) >= 11 is 0. The van der Waals surface area contributed by atoms with Gasteiger partial charge in [-0.15, -0.1) is 0 Å². The van der Waals surface area contributed by atoms with Crippen LogP contribution >= 0.6 is 0 Å². The van der Waals surface area contributed by atoms with Crippen LogP contribution in [0.5, 0.6) is 5.75 Å². The normalized spacial score (nSPS) is 21.8. The molecule has 1 unspecified atom stereocenters. The summed E-state index contributed by atoms with van der Waals surface area (Å²) < 4.78 is 23.9. The Hall–Kier alpha value is -1.73. The number of nitro benzene ring substituents is 1. The van der Waals surface area contributed by atoms with Crippen LogP contribution in [0.4, 0.5) is 10.1 Å². The molecule has 2 N–H and O–H groups in total. The number of rotatable bonds is 5. The van der Waals surface area contributed by atoms with Crippen molar-refractivity contribution in [2.45, 2.75) is 31.6 Å². The van der Waals surface area contributed by atoms with Gasteiger partial charge in [0.25, 0.3) is 0 Å². The molecular weight excluding hydrogens is 255 g/mol. The minimum absolute atomic E-state index is 0.0312. The lowest BCUT2D eigenvalue weighted by atomic mass is 9.90. The lowest BCUT2D eigenvalue weighted by Crippen LogP contribution is -2.45.